The summed E-state index contributed by atoms with van der Waals surface area (Å²) < 4.78 is 0. The van der Waals surface area contributed by atoms with Crippen LogP contribution in [0.15, 0.2) is 48.5 Å². The van der Waals surface area contributed by atoms with Gasteiger partial charge in [-0.3, -0.25) is 9.69 Å². The molecule has 0 unspecified atom stereocenters. The molecule has 0 aliphatic carbocycles. The molecule has 0 bridgehead atoms. The predicted octanol–water partition coefficient (Wildman–Crippen LogP) is 2.42. The zero-order chi connectivity index (χ0) is 19.8. The molecule has 0 aromatic heterocycles. The van der Waals surface area contributed by atoms with E-state index >= 15 is 0 Å². The quantitative estimate of drug-likeness (QED) is 0.713. The van der Waals surface area contributed by atoms with Gasteiger partial charge in [-0.05, 0) is 35.7 Å². The van der Waals surface area contributed by atoms with E-state index in [-0.39, 0.29) is 19.1 Å². The maximum atomic E-state index is 11.9. The number of hydrogen-bond acceptors (Lipinski definition) is 4. The molecule has 0 spiro atoms. The average molecular weight is 402 g/mol. The van der Waals surface area contributed by atoms with Gasteiger partial charge >= 0.3 is 0 Å². The number of carbonyl (C=O) groups is 1. The van der Waals surface area contributed by atoms with E-state index in [0.717, 1.165) is 50.7 Å². The minimum absolute atomic E-state index is 0.0462. The zero-order valence-electron chi connectivity index (χ0n) is 16.1. The average Bonchev–Trinajstić information content (AvgIpc) is 2.73. The third kappa shape index (κ3) is 6.04. The molecule has 1 heterocycles. The molecule has 0 saturated carbocycles. The number of carbonyl (C=O) groups excluding carboxylic acids is 1. The maximum absolute atomic E-state index is 11.9. The summed E-state index contributed by atoms with van der Waals surface area (Å²) >= 11 is 6.27. The lowest BCUT2D eigenvalue weighted by molar-refractivity contribution is 0.0945. The van der Waals surface area contributed by atoms with Gasteiger partial charge in [-0.1, -0.05) is 41.9 Å². The van der Waals surface area contributed by atoms with Crippen LogP contribution in [0.5, 0.6) is 0 Å². The van der Waals surface area contributed by atoms with E-state index < -0.39 is 0 Å². The molecule has 2 aromatic carbocycles. The second-order valence-corrected chi connectivity index (χ2v) is 7.54. The minimum atomic E-state index is -0.143. The zero-order valence-corrected chi connectivity index (χ0v) is 16.9. The molecule has 6 heteroatoms. The van der Waals surface area contributed by atoms with Crippen molar-refractivity contribution < 1.29 is 9.90 Å². The number of halogens is 1. The topological polar surface area (TPSA) is 55.8 Å². The normalized spacial score (nSPS) is 15.5. The molecule has 1 aliphatic rings. The molecule has 5 nitrogen and oxygen atoms in total. The van der Waals surface area contributed by atoms with Crippen LogP contribution in [-0.2, 0) is 13.0 Å². The fourth-order valence-corrected chi connectivity index (χ4v) is 3.62. The van der Waals surface area contributed by atoms with Crippen molar-refractivity contribution >= 4 is 17.5 Å². The minimum Gasteiger partial charge on any atom is -0.395 e. The lowest BCUT2D eigenvalue weighted by Gasteiger charge is -2.34. The first-order chi connectivity index (χ1) is 13.7. The van der Waals surface area contributed by atoms with Gasteiger partial charge in [0.2, 0.25) is 0 Å². The van der Waals surface area contributed by atoms with Crippen LogP contribution in [-0.4, -0.2) is 66.7 Å². The van der Waals surface area contributed by atoms with Crippen molar-refractivity contribution in [2.24, 2.45) is 0 Å². The van der Waals surface area contributed by atoms with Crippen LogP contribution >= 0.6 is 11.6 Å². The molecule has 1 amide bonds. The molecule has 1 fully saturated rings. The second kappa shape index (κ2) is 10.6. The van der Waals surface area contributed by atoms with Gasteiger partial charge in [0.25, 0.3) is 5.91 Å². The summed E-state index contributed by atoms with van der Waals surface area (Å²) in [7, 11) is 0. The van der Waals surface area contributed by atoms with E-state index in [9.17, 15) is 4.79 Å². The van der Waals surface area contributed by atoms with Crippen molar-refractivity contribution in [3.8, 4) is 0 Å². The van der Waals surface area contributed by atoms with Crippen molar-refractivity contribution in [1.29, 1.82) is 0 Å². The first kappa shape index (κ1) is 20.8. The van der Waals surface area contributed by atoms with Crippen molar-refractivity contribution in [2.75, 3.05) is 45.9 Å². The Morgan fingerprint density at radius 1 is 1.00 bits per heavy atom. The van der Waals surface area contributed by atoms with Crippen LogP contribution in [0.4, 0.5) is 0 Å². The van der Waals surface area contributed by atoms with Crippen molar-refractivity contribution in [3.63, 3.8) is 0 Å². The highest BCUT2D eigenvalue weighted by Crippen LogP contribution is 2.18. The Balaban J connectivity index is 1.40. The standard InChI is InChI=1S/C22H28ClN3O2/c23-21-4-2-1-3-20(21)17-26-14-12-25(13-15-26)11-9-18-5-7-19(8-6-18)22(28)24-10-16-27/h1-8,27H,9-17H2,(H,24,28). The van der Waals surface area contributed by atoms with E-state index in [1.165, 1.54) is 11.1 Å². The molecular formula is C22H28ClN3O2. The number of nitrogens with one attached hydrogen (secondary N) is 1. The van der Waals surface area contributed by atoms with Gasteiger partial charge in [0.15, 0.2) is 0 Å². The molecule has 3 rings (SSSR count). The summed E-state index contributed by atoms with van der Waals surface area (Å²) in [5.41, 5.74) is 3.06. The molecule has 2 aromatic rings. The Morgan fingerprint density at radius 2 is 1.68 bits per heavy atom. The SMILES string of the molecule is O=C(NCCO)c1ccc(CCN2CCN(Cc3ccccc3Cl)CC2)cc1. The Bertz CT molecular complexity index is 759. The number of rotatable bonds is 8. The van der Waals surface area contributed by atoms with Gasteiger partial charge in [0, 0.05) is 56.4 Å². The summed E-state index contributed by atoms with van der Waals surface area (Å²) in [6, 6.07) is 15.8. The number of piperazine rings is 1. The third-order valence-corrected chi connectivity index (χ3v) is 5.52. The third-order valence-electron chi connectivity index (χ3n) is 5.15. The maximum Gasteiger partial charge on any atom is 0.251 e. The van der Waals surface area contributed by atoms with Gasteiger partial charge < -0.3 is 15.3 Å². The fourth-order valence-electron chi connectivity index (χ4n) is 3.42. The van der Waals surface area contributed by atoms with Crippen LogP contribution in [0.3, 0.4) is 0 Å². The number of benzene rings is 2. The van der Waals surface area contributed by atoms with E-state index in [4.69, 9.17) is 16.7 Å². The summed E-state index contributed by atoms with van der Waals surface area (Å²) in [5.74, 6) is -0.143. The Morgan fingerprint density at radius 3 is 2.36 bits per heavy atom. The lowest BCUT2D eigenvalue weighted by atomic mass is 10.1. The largest absolute Gasteiger partial charge is 0.395 e. The van der Waals surface area contributed by atoms with E-state index in [2.05, 4.69) is 21.2 Å². The smallest absolute Gasteiger partial charge is 0.251 e. The Kier molecular flexibility index (Phi) is 7.86. The van der Waals surface area contributed by atoms with Crippen molar-refractivity contribution in [2.45, 2.75) is 13.0 Å². The van der Waals surface area contributed by atoms with Gasteiger partial charge in [-0.25, -0.2) is 0 Å². The van der Waals surface area contributed by atoms with Crippen LogP contribution in [0.25, 0.3) is 0 Å². The fraction of sp³-hybridized carbons (Fsp3) is 0.409. The summed E-state index contributed by atoms with van der Waals surface area (Å²) in [6.45, 7) is 6.39. The molecule has 2 N–H and O–H groups in total. The highest BCUT2D eigenvalue weighted by atomic mass is 35.5. The molecule has 1 aliphatic heterocycles. The first-order valence-electron chi connectivity index (χ1n) is 9.82. The number of amides is 1. The van der Waals surface area contributed by atoms with Crippen molar-refractivity contribution in [1.82, 2.24) is 15.1 Å². The molecule has 150 valence electrons. The predicted molar refractivity (Wildman–Crippen MR) is 113 cm³/mol. The lowest BCUT2D eigenvalue weighted by Crippen LogP contribution is -2.46. The van der Waals surface area contributed by atoms with Crippen LogP contribution in [0.1, 0.15) is 21.5 Å². The van der Waals surface area contributed by atoms with Gasteiger partial charge in [-0.2, -0.15) is 0 Å². The van der Waals surface area contributed by atoms with Crippen LogP contribution in [0, 0.1) is 0 Å². The summed E-state index contributed by atoms with van der Waals surface area (Å²) in [4.78, 5) is 16.8. The summed E-state index contributed by atoms with van der Waals surface area (Å²) in [6.07, 6.45) is 0.975. The molecule has 28 heavy (non-hydrogen) atoms. The van der Waals surface area contributed by atoms with Crippen molar-refractivity contribution in [3.05, 3.63) is 70.2 Å². The van der Waals surface area contributed by atoms with Gasteiger partial charge in [-0.15, -0.1) is 0 Å². The van der Waals surface area contributed by atoms with Crippen LogP contribution in [0.2, 0.25) is 5.02 Å². The van der Waals surface area contributed by atoms with E-state index in [1.54, 1.807) is 0 Å². The number of aliphatic hydroxyl groups is 1. The van der Waals surface area contributed by atoms with E-state index in [1.807, 2.05) is 42.5 Å². The van der Waals surface area contributed by atoms with Gasteiger partial charge in [0.05, 0.1) is 6.61 Å². The molecule has 0 radical (unpaired) electrons. The summed E-state index contributed by atoms with van der Waals surface area (Å²) in [5, 5.41) is 12.3. The highest BCUT2D eigenvalue weighted by molar-refractivity contribution is 6.31. The number of aliphatic hydroxyl groups excluding tert-OH is 1. The monoisotopic (exact) mass is 401 g/mol. The number of nitrogens with zero attached hydrogens (tertiary/aromatic N) is 2. The molecule has 1 saturated heterocycles. The Labute approximate surface area is 171 Å². The first-order valence-corrected chi connectivity index (χ1v) is 10.2. The number of hydrogen-bond donors (Lipinski definition) is 2. The van der Waals surface area contributed by atoms with Gasteiger partial charge in [0.1, 0.15) is 0 Å². The molecular weight excluding hydrogens is 374 g/mol. The second-order valence-electron chi connectivity index (χ2n) is 7.14. The van der Waals surface area contributed by atoms with E-state index in [0.29, 0.717) is 5.56 Å². The Hall–Kier alpha value is -1.92. The van der Waals surface area contributed by atoms with Crippen LogP contribution < -0.4 is 5.32 Å². The highest BCUT2D eigenvalue weighted by Gasteiger charge is 2.17. The molecule has 0 atom stereocenters.